The molecule has 0 spiro atoms. The van der Waals surface area contributed by atoms with Crippen LogP contribution in [0.1, 0.15) is 6.92 Å². The van der Waals surface area contributed by atoms with Gasteiger partial charge >= 0.3 is 6.36 Å². The van der Waals surface area contributed by atoms with Gasteiger partial charge in [-0.2, -0.15) is 0 Å². The lowest BCUT2D eigenvalue weighted by Gasteiger charge is -2.33. The molecule has 2 rings (SSSR count). The molecule has 0 aromatic heterocycles. The van der Waals surface area contributed by atoms with E-state index in [0.29, 0.717) is 16.8 Å². The van der Waals surface area contributed by atoms with Gasteiger partial charge in [0.15, 0.2) is 0 Å². The van der Waals surface area contributed by atoms with Crippen LogP contribution in [0.5, 0.6) is 11.5 Å². The number of benzene rings is 1. The van der Waals surface area contributed by atoms with E-state index in [1.165, 1.54) is 18.2 Å². The Kier molecular flexibility index (Phi) is 6.55. The van der Waals surface area contributed by atoms with Gasteiger partial charge in [-0.15, -0.1) is 13.2 Å². The Bertz CT molecular complexity index is 506. The van der Waals surface area contributed by atoms with Gasteiger partial charge in [-0.25, -0.2) is 0 Å². The topological polar surface area (TPSA) is 24.9 Å². The van der Waals surface area contributed by atoms with Crippen LogP contribution in [-0.4, -0.2) is 62.0 Å². The zero-order chi connectivity index (χ0) is 16.9. The van der Waals surface area contributed by atoms with Crippen LogP contribution < -0.4 is 9.47 Å². The SMILES string of the molecule is CCN1CCN(CCOc2ccc(OC(F)(F)F)cc2Br)CC1. The molecule has 4 nitrogen and oxygen atoms in total. The monoisotopic (exact) mass is 396 g/mol. The van der Waals surface area contributed by atoms with Crippen molar-refractivity contribution in [2.75, 3.05) is 45.9 Å². The molecule has 0 unspecified atom stereocenters. The molecule has 23 heavy (non-hydrogen) atoms. The van der Waals surface area contributed by atoms with E-state index in [2.05, 4.69) is 37.4 Å². The highest BCUT2D eigenvalue weighted by Gasteiger charge is 2.31. The van der Waals surface area contributed by atoms with Gasteiger partial charge in [0, 0.05) is 32.7 Å². The zero-order valence-corrected chi connectivity index (χ0v) is 14.5. The lowest BCUT2D eigenvalue weighted by Crippen LogP contribution is -2.47. The minimum atomic E-state index is -4.69. The van der Waals surface area contributed by atoms with E-state index in [0.717, 1.165) is 39.3 Å². The first-order valence-corrected chi connectivity index (χ1v) is 8.29. The maximum absolute atomic E-state index is 12.2. The van der Waals surface area contributed by atoms with E-state index >= 15 is 0 Å². The number of hydrogen-bond donors (Lipinski definition) is 0. The van der Waals surface area contributed by atoms with Gasteiger partial charge in [-0.3, -0.25) is 4.90 Å². The molecule has 1 aromatic rings. The molecule has 1 aromatic carbocycles. The highest BCUT2D eigenvalue weighted by molar-refractivity contribution is 9.10. The summed E-state index contributed by atoms with van der Waals surface area (Å²) in [5, 5.41) is 0. The summed E-state index contributed by atoms with van der Waals surface area (Å²) < 4.78 is 46.4. The second-order valence-electron chi connectivity index (χ2n) is 5.26. The van der Waals surface area contributed by atoms with E-state index in [9.17, 15) is 13.2 Å². The number of likely N-dealkylation sites (N-methyl/N-ethyl adjacent to an activating group) is 1. The number of hydrogen-bond acceptors (Lipinski definition) is 4. The lowest BCUT2D eigenvalue weighted by atomic mass is 10.3. The molecule has 1 heterocycles. The average Bonchev–Trinajstić information content (AvgIpc) is 2.48. The summed E-state index contributed by atoms with van der Waals surface area (Å²) in [7, 11) is 0. The molecule has 0 bridgehead atoms. The zero-order valence-electron chi connectivity index (χ0n) is 12.9. The number of alkyl halides is 3. The molecule has 1 saturated heterocycles. The summed E-state index contributed by atoms with van der Waals surface area (Å²) in [5.74, 6) is 0.235. The Hall–Kier alpha value is -0.990. The summed E-state index contributed by atoms with van der Waals surface area (Å²) in [6, 6.07) is 3.97. The first kappa shape index (κ1) is 18.4. The molecule has 0 amide bonds. The summed E-state index contributed by atoms with van der Waals surface area (Å²) in [5.41, 5.74) is 0. The first-order chi connectivity index (χ1) is 10.9. The number of ether oxygens (including phenoxy) is 2. The van der Waals surface area contributed by atoms with Crippen LogP contribution in [0.3, 0.4) is 0 Å². The van der Waals surface area contributed by atoms with E-state index in [4.69, 9.17) is 4.74 Å². The first-order valence-electron chi connectivity index (χ1n) is 7.50. The van der Waals surface area contributed by atoms with Crippen molar-refractivity contribution in [3.63, 3.8) is 0 Å². The van der Waals surface area contributed by atoms with Gasteiger partial charge in [0.2, 0.25) is 0 Å². The van der Waals surface area contributed by atoms with Gasteiger partial charge < -0.3 is 14.4 Å². The standard InChI is InChI=1S/C15H20BrF3N2O2/c1-2-20-5-7-21(8-6-20)9-10-22-14-4-3-12(11-13(14)16)23-15(17,18)19/h3-4,11H,2,5-10H2,1H3. The predicted molar refractivity (Wildman–Crippen MR) is 84.9 cm³/mol. The van der Waals surface area contributed by atoms with Crippen molar-refractivity contribution >= 4 is 15.9 Å². The fraction of sp³-hybridized carbons (Fsp3) is 0.600. The predicted octanol–water partition coefficient (Wildman–Crippen LogP) is 3.36. The van der Waals surface area contributed by atoms with E-state index in [1.807, 2.05) is 0 Å². The van der Waals surface area contributed by atoms with Crippen molar-refractivity contribution in [1.29, 1.82) is 0 Å². The van der Waals surface area contributed by atoms with Gasteiger partial charge in [0.25, 0.3) is 0 Å². The smallest absolute Gasteiger partial charge is 0.491 e. The van der Waals surface area contributed by atoms with Gasteiger partial charge in [-0.05, 0) is 40.7 Å². The van der Waals surface area contributed by atoms with Crippen LogP contribution in [0, 0.1) is 0 Å². The Morgan fingerprint density at radius 1 is 1.13 bits per heavy atom. The fourth-order valence-electron chi connectivity index (χ4n) is 2.41. The second-order valence-corrected chi connectivity index (χ2v) is 6.12. The molecule has 1 aliphatic heterocycles. The van der Waals surface area contributed by atoms with Crippen LogP contribution in [0.15, 0.2) is 22.7 Å². The third-order valence-corrected chi connectivity index (χ3v) is 4.33. The van der Waals surface area contributed by atoms with Gasteiger partial charge in [0.1, 0.15) is 18.1 Å². The quantitative estimate of drug-likeness (QED) is 0.735. The summed E-state index contributed by atoms with van der Waals surface area (Å²) >= 11 is 3.21. The highest BCUT2D eigenvalue weighted by atomic mass is 79.9. The van der Waals surface area contributed by atoms with Gasteiger partial charge in [-0.1, -0.05) is 6.92 Å². The van der Waals surface area contributed by atoms with Crippen LogP contribution in [0.2, 0.25) is 0 Å². The maximum Gasteiger partial charge on any atom is 0.573 e. The van der Waals surface area contributed by atoms with E-state index in [-0.39, 0.29) is 5.75 Å². The van der Waals surface area contributed by atoms with E-state index in [1.54, 1.807) is 0 Å². The van der Waals surface area contributed by atoms with Crippen molar-refractivity contribution < 1.29 is 22.6 Å². The Morgan fingerprint density at radius 3 is 2.35 bits per heavy atom. The number of rotatable bonds is 6. The molecule has 0 atom stereocenters. The van der Waals surface area contributed by atoms with Crippen molar-refractivity contribution in [3.05, 3.63) is 22.7 Å². The van der Waals surface area contributed by atoms with Crippen molar-refractivity contribution in [3.8, 4) is 11.5 Å². The molecule has 0 saturated carbocycles. The van der Waals surface area contributed by atoms with Gasteiger partial charge in [0.05, 0.1) is 4.47 Å². The Balaban J connectivity index is 1.78. The summed E-state index contributed by atoms with van der Waals surface area (Å²) in [6.07, 6.45) is -4.69. The number of halogens is 4. The number of nitrogens with zero attached hydrogens (tertiary/aromatic N) is 2. The number of piperazine rings is 1. The fourth-order valence-corrected chi connectivity index (χ4v) is 2.88. The van der Waals surface area contributed by atoms with Crippen molar-refractivity contribution in [1.82, 2.24) is 9.80 Å². The Morgan fingerprint density at radius 2 is 1.78 bits per heavy atom. The Labute approximate surface area is 142 Å². The molecule has 0 aliphatic carbocycles. The largest absolute Gasteiger partial charge is 0.573 e. The van der Waals surface area contributed by atoms with E-state index < -0.39 is 6.36 Å². The third-order valence-electron chi connectivity index (χ3n) is 3.71. The summed E-state index contributed by atoms with van der Waals surface area (Å²) in [4.78, 5) is 4.72. The molecular formula is C15H20BrF3N2O2. The van der Waals surface area contributed by atoms with Crippen molar-refractivity contribution in [2.45, 2.75) is 13.3 Å². The maximum atomic E-state index is 12.2. The van der Waals surface area contributed by atoms with Crippen molar-refractivity contribution in [2.24, 2.45) is 0 Å². The minimum Gasteiger partial charge on any atom is -0.491 e. The third kappa shape index (κ3) is 6.19. The molecule has 0 radical (unpaired) electrons. The lowest BCUT2D eigenvalue weighted by molar-refractivity contribution is -0.274. The van der Waals surface area contributed by atoms with Crippen LogP contribution in [0.25, 0.3) is 0 Å². The van der Waals surface area contributed by atoms with Crippen LogP contribution >= 0.6 is 15.9 Å². The average molecular weight is 397 g/mol. The highest BCUT2D eigenvalue weighted by Crippen LogP contribution is 2.31. The molecule has 130 valence electrons. The molecule has 8 heteroatoms. The normalized spacial score (nSPS) is 17.3. The second kappa shape index (κ2) is 8.21. The molecular weight excluding hydrogens is 377 g/mol. The molecule has 1 fully saturated rings. The van der Waals surface area contributed by atoms with Crippen LogP contribution in [-0.2, 0) is 0 Å². The summed E-state index contributed by atoms with van der Waals surface area (Å²) in [6.45, 7) is 8.65. The molecule has 0 N–H and O–H groups in total. The molecule has 1 aliphatic rings. The minimum absolute atomic E-state index is 0.271. The van der Waals surface area contributed by atoms with Crippen LogP contribution in [0.4, 0.5) is 13.2 Å².